The number of aliphatic hydroxyl groups is 3. The van der Waals surface area contributed by atoms with E-state index in [1.54, 1.807) is 5.57 Å². The van der Waals surface area contributed by atoms with Crippen molar-refractivity contribution in [2.24, 2.45) is 28.6 Å². The molecule has 0 saturated heterocycles. The first-order chi connectivity index (χ1) is 16.1. The van der Waals surface area contributed by atoms with E-state index in [0.717, 1.165) is 44.3 Å². The van der Waals surface area contributed by atoms with Crippen molar-refractivity contribution in [1.29, 1.82) is 0 Å². The molecule has 0 aromatic rings. The quantitative estimate of drug-likeness (QED) is 0.338. The Morgan fingerprint density at radius 1 is 1.03 bits per heavy atom. The number of rotatable bonds is 9. The molecule has 3 nitrogen and oxygen atoms in total. The Labute approximate surface area is 212 Å². The molecule has 0 aromatic heterocycles. The molecule has 0 amide bonds. The largest absolute Gasteiger partial charge is 0.393 e. The van der Waals surface area contributed by atoms with Gasteiger partial charge in [0.2, 0.25) is 0 Å². The lowest BCUT2D eigenvalue weighted by Gasteiger charge is -2.56. The molecule has 0 bridgehead atoms. The fourth-order valence-electron chi connectivity index (χ4n) is 8.72. The zero-order chi connectivity index (χ0) is 24.7. The van der Waals surface area contributed by atoms with Gasteiger partial charge >= 0.3 is 0 Å². The van der Waals surface area contributed by atoms with E-state index in [1.165, 1.54) is 24.8 Å². The normalized spacial score (nSPS) is 40.6. The van der Waals surface area contributed by atoms with Gasteiger partial charge in [0, 0.05) is 17.1 Å². The zero-order valence-corrected chi connectivity index (χ0v) is 23.2. The Morgan fingerprint density at radius 3 is 2.41 bits per heavy atom. The average molecular weight is 491 g/mol. The highest BCUT2D eigenvalue weighted by Gasteiger charge is 2.58. The molecule has 3 saturated carbocycles. The van der Waals surface area contributed by atoms with Gasteiger partial charge in [-0.3, -0.25) is 0 Å². The van der Waals surface area contributed by atoms with Crippen LogP contribution in [0.4, 0.5) is 0 Å². The Balaban J connectivity index is 1.45. The molecule has 0 aromatic carbocycles. The van der Waals surface area contributed by atoms with Crippen LogP contribution in [0.15, 0.2) is 23.3 Å². The lowest BCUT2D eigenvalue weighted by Crippen LogP contribution is -2.52. The van der Waals surface area contributed by atoms with Gasteiger partial charge in [-0.05, 0) is 80.3 Å². The molecular formula is C30H50O3S. The maximum Gasteiger partial charge on any atom is 0.0661 e. The Morgan fingerprint density at radius 2 is 1.74 bits per heavy atom. The van der Waals surface area contributed by atoms with Gasteiger partial charge in [-0.15, -0.1) is 0 Å². The van der Waals surface area contributed by atoms with Crippen molar-refractivity contribution in [3.05, 3.63) is 23.3 Å². The van der Waals surface area contributed by atoms with E-state index in [-0.39, 0.29) is 5.41 Å². The van der Waals surface area contributed by atoms with E-state index < -0.39 is 17.8 Å². The van der Waals surface area contributed by atoms with E-state index in [1.807, 2.05) is 0 Å². The van der Waals surface area contributed by atoms with Crippen molar-refractivity contribution in [3.63, 3.8) is 0 Å². The summed E-state index contributed by atoms with van der Waals surface area (Å²) in [6, 6.07) is 0. The first-order valence-electron chi connectivity index (χ1n) is 14.2. The first kappa shape index (κ1) is 26.8. The molecule has 4 aliphatic carbocycles. The van der Waals surface area contributed by atoms with Gasteiger partial charge in [-0.1, -0.05) is 70.8 Å². The van der Waals surface area contributed by atoms with Gasteiger partial charge in [0.1, 0.15) is 0 Å². The average Bonchev–Trinajstić information content (AvgIpc) is 3.12. The molecule has 3 N–H and O–H groups in total. The number of hydrogen-bond donors (Lipinski definition) is 3. The summed E-state index contributed by atoms with van der Waals surface area (Å²) in [5.74, 6) is 2.81. The summed E-state index contributed by atoms with van der Waals surface area (Å²) < 4.78 is 0. The number of thioether (sulfide) groups is 1. The van der Waals surface area contributed by atoms with E-state index in [4.69, 9.17) is 0 Å². The SMILES string of the molecule is CCCC(O)(CCC)CCS[C@@H](C)[C@H]1CC[C@H]2C3=CC=C4C[C@@H](O)C[C@H](O)[C@]4(C)[C@H]3CC[C@]12C. The van der Waals surface area contributed by atoms with E-state index in [9.17, 15) is 15.3 Å². The number of hydrogen-bond acceptors (Lipinski definition) is 4. The lowest BCUT2D eigenvalue weighted by atomic mass is 9.49. The Kier molecular flexibility index (Phi) is 8.05. The van der Waals surface area contributed by atoms with Crippen molar-refractivity contribution in [2.45, 2.75) is 128 Å². The second-order valence-electron chi connectivity index (χ2n) is 12.6. The monoisotopic (exact) mass is 490 g/mol. The smallest absolute Gasteiger partial charge is 0.0661 e. The van der Waals surface area contributed by atoms with Crippen LogP contribution in [0, 0.1) is 28.6 Å². The van der Waals surface area contributed by atoms with Crippen LogP contribution in [0.5, 0.6) is 0 Å². The predicted molar refractivity (Wildman–Crippen MR) is 144 cm³/mol. The molecule has 194 valence electrons. The number of allylic oxidation sites excluding steroid dienone is 3. The van der Waals surface area contributed by atoms with Gasteiger partial charge in [0.05, 0.1) is 17.8 Å². The molecule has 0 unspecified atom stereocenters. The third-order valence-electron chi connectivity index (χ3n) is 10.7. The first-order valence-corrected chi connectivity index (χ1v) is 15.2. The van der Waals surface area contributed by atoms with Crippen LogP contribution < -0.4 is 0 Å². The number of aliphatic hydroxyl groups excluding tert-OH is 2. The summed E-state index contributed by atoms with van der Waals surface area (Å²) >= 11 is 2.09. The molecule has 4 heteroatoms. The molecule has 0 spiro atoms. The molecule has 4 rings (SSSR count). The Bertz CT molecular complexity index is 784. The minimum atomic E-state index is -0.475. The van der Waals surface area contributed by atoms with Crippen molar-refractivity contribution in [2.75, 3.05) is 5.75 Å². The van der Waals surface area contributed by atoms with E-state index in [2.05, 4.69) is 58.5 Å². The highest BCUT2D eigenvalue weighted by Crippen LogP contribution is 2.66. The topological polar surface area (TPSA) is 60.7 Å². The van der Waals surface area contributed by atoms with Crippen LogP contribution in [0.25, 0.3) is 0 Å². The summed E-state index contributed by atoms with van der Waals surface area (Å²) in [5.41, 5.74) is 2.51. The van der Waals surface area contributed by atoms with Crippen molar-refractivity contribution in [1.82, 2.24) is 0 Å². The lowest BCUT2D eigenvalue weighted by molar-refractivity contribution is -0.0526. The van der Waals surface area contributed by atoms with Crippen LogP contribution >= 0.6 is 11.8 Å². The minimum Gasteiger partial charge on any atom is -0.393 e. The second kappa shape index (κ2) is 10.2. The van der Waals surface area contributed by atoms with Gasteiger partial charge in [-0.2, -0.15) is 11.8 Å². The summed E-state index contributed by atoms with van der Waals surface area (Å²) in [6.07, 6.45) is 14.9. The fraction of sp³-hybridized carbons (Fsp3) is 0.867. The van der Waals surface area contributed by atoms with Crippen LogP contribution in [-0.2, 0) is 0 Å². The van der Waals surface area contributed by atoms with E-state index >= 15 is 0 Å². The van der Waals surface area contributed by atoms with Crippen LogP contribution in [0.1, 0.15) is 105 Å². The van der Waals surface area contributed by atoms with Crippen molar-refractivity contribution < 1.29 is 15.3 Å². The van der Waals surface area contributed by atoms with Gasteiger partial charge in [-0.25, -0.2) is 0 Å². The minimum absolute atomic E-state index is 0.202. The highest BCUT2D eigenvalue weighted by atomic mass is 32.2. The molecule has 4 aliphatic rings. The maximum atomic E-state index is 11.1. The zero-order valence-electron chi connectivity index (χ0n) is 22.4. The Hall–Kier alpha value is -0.290. The molecule has 0 aliphatic heterocycles. The summed E-state index contributed by atoms with van der Waals surface area (Å²) in [7, 11) is 0. The molecule has 0 radical (unpaired) electrons. The molecule has 8 atom stereocenters. The van der Waals surface area contributed by atoms with Crippen LogP contribution in [0.3, 0.4) is 0 Å². The summed E-state index contributed by atoms with van der Waals surface area (Å²) in [4.78, 5) is 0. The van der Waals surface area contributed by atoms with Gasteiger partial charge in [0.15, 0.2) is 0 Å². The molecular weight excluding hydrogens is 440 g/mol. The van der Waals surface area contributed by atoms with Crippen molar-refractivity contribution >= 4 is 11.8 Å². The molecule has 0 heterocycles. The third-order valence-corrected chi connectivity index (χ3v) is 12.0. The maximum absolute atomic E-state index is 11.1. The van der Waals surface area contributed by atoms with E-state index in [0.29, 0.717) is 41.3 Å². The number of fused-ring (bicyclic) bond motifs is 5. The second-order valence-corrected chi connectivity index (χ2v) is 14.1. The third kappa shape index (κ3) is 4.59. The summed E-state index contributed by atoms with van der Waals surface area (Å²) in [5, 5.41) is 33.0. The summed E-state index contributed by atoms with van der Waals surface area (Å²) in [6.45, 7) is 11.6. The van der Waals surface area contributed by atoms with Crippen LogP contribution in [-0.4, -0.2) is 44.1 Å². The van der Waals surface area contributed by atoms with Gasteiger partial charge < -0.3 is 15.3 Å². The van der Waals surface area contributed by atoms with Crippen LogP contribution in [0.2, 0.25) is 0 Å². The van der Waals surface area contributed by atoms with Gasteiger partial charge in [0.25, 0.3) is 0 Å². The predicted octanol–water partition coefficient (Wildman–Crippen LogP) is 6.66. The highest BCUT2D eigenvalue weighted by molar-refractivity contribution is 7.99. The fourth-order valence-corrected chi connectivity index (χ4v) is 10.3. The molecule has 34 heavy (non-hydrogen) atoms. The molecule has 3 fully saturated rings. The standard InChI is InChI=1S/C30H50O3S/c1-6-13-30(33,14-7-2)16-17-34-20(3)24-10-11-25-23-9-8-21-18-22(31)19-27(32)29(21,5)26(23)12-15-28(24,25)4/h8-9,20,22,24-27,31-33H,6-7,10-19H2,1-5H3/t20-,22+,24+,25-,26-,27-,28+,29-/m0/s1. The van der Waals surface area contributed by atoms with Crippen molar-refractivity contribution in [3.8, 4) is 0 Å².